The molecule has 3 aliphatic rings. The summed E-state index contributed by atoms with van der Waals surface area (Å²) in [5.41, 5.74) is 14.2. The van der Waals surface area contributed by atoms with Gasteiger partial charge in [0.15, 0.2) is 0 Å². The van der Waals surface area contributed by atoms with E-state index in [1.807, 2.05) is 0 Å². The molecule has 46 heavy (non-hydrogen) atoms. The van der Waals surface area contributed by atoms with E-state index in [4.69, 9.17) is 21.1 Å². The predicted molar refractivity (Wildman–Crippen MR) is 178 cm³/mol. The Morgan fingerprint density at radius 2 is 0.935 bits per heavy atom. The van der Waals surface area contributed by atoms with Gasteiger partial charge in [-0.05, 0) is 75.9 Å². The van der Waals surface area contributed by atoms with Crippen LogP contribution in [0.25, 0.3) is 0 Å². The summed E-state index contributed by atoms with van der Waals surface area (Å²) >= 11 is 0. The van der Waals surface area contributed by atoms with Crippen molar-refractivity contribution < 1.29 is 26.5 Å². The highest BCUT2D eigenvalue weighted by molar-refractivity contribution is 7.89. The standard InChI is InChI=1S/C32H46N6O6S2/c33-15-9-21-43-35-31-27-13-11-25(45(39,40)37-17-5-1-2-6-18-37)23-29(27)32(36-44-22-10-16-34)30-24-26(12-14-28(30)31)46(41,42)38-19-7-3-4-8-20-38/h11-14,23-24H,1-10,15-22,33-34H2. The number of sulfonamides is 2. The number of rotatable bonds is 12. The Morgan fingerprint density at radius 3 is 1.30 bits per heavy atom. The van der Waals surface area contributed by atoms with Crippen molar-refractivity contribution in [2.75, 3.05) is 52.5 Å². The molecular formula is C32H46N6O6S2. The molecular weight excluding hydrogens is 629 g/mol. The Kier molecular flexibility index (Phi) is 11.8. The Labute approximate surface area is 272 Å². The van der Waals surface area contributed by atoms with Crippen LogP contribution in [0, 0.1) is 0 Å². The summed E-state index contributed by atoms with van der Waals surface area (Å²) in [7, 11) is -7.61. The molecule has 0 amide bonds. The highest BCUT2D eigenvalue weighted by Gasteiger charge is 2.34. The number of fused-ring (bicyclic) bond motifs is 2. The summed E-state index contributed by atoms with van der Waals surface area (Å²) in [5, 5.41) is 8.95. The average molecular weight is 675 g/mol. The van der Waals surface area contributed by atoms with Gasteiger partial charge in [-0.1, -0.05) is 48.1 Å². The van der Waals surface area contributed by atoms with Gasteiger partial charge in [0.05, 0.1) is 9.79 Å². The maximum Gasteiger partial charge on any atom is 0.243 e. The van der Waals surface area contributed by atoms with E-state index in [2.05, 4.69) is 10.3 Å². The fourth-order valence-electron chi connectivity index (χ4n) is 6.04. The normalized spacial score (nSPS) is 18.2. The Bertz CT molecular complexity index is 1520. The van der Waals surface area contributed by atoms with Gasteiger partial charge < -0.3 is 21.1 Å². The summed E-state index contributed by atoms with van der Waals surface area (Å²) in [6, 6.07) is 9.79. The number of hydrogen-bond donors (Lipinski definition) is 2. The zero-order valence-electron chi connectivity index (χ0n) is 26.4. The highest BCUT2D eigenvalue weighted by atomic mass is 32.2. The molecule has 1 aliphatic carbocycles. The van der Waals surface area contributed by atoms with Crippen LogP contribution in [0.2, 0.25) is 0 Å². The smallest absolute Gasteiger partial charge is 0.243 e. The average Bonchev–Trinajstić information content (AvgIpc) is 3.52. The first-order valence-electron chi connectivity index (χ1n) is 16.4. The largest absolute Gasteiger partial charge is 0.395 e. The summed E-state index contributed by atoms with van der Waals surface area (Å²) in [4.78, 5) is 11.6. The minimum absolute atomic E-state index is 0.128. The predicted octanol–water partition coefficient (Wildman–Crippen LogP) is 3.37. The van der Waals surface area contributed by atoms with Gasteiger partial charge in [0.25, 0.3) is 0 Å². The van der Waals surface area contributed by atoms with Crippen LogP contribution in [0.4, 0.5) is 0 Å². The molecule has 0 saturated carbocycles. The maximum absolute atomic E-state index is 13.9. The molecule has 14 heteroatoms. The van der Waals surface area contributed by atoms with Crippen molar-refractivity contribution in [3.05, 3.63) is 58.7 Å². The van der Waals surface area contributed by atoms with Crippen LogP contribution >= 0.6 is 0 Å². The van der Waals surface area contributed by atoms with Crippen molar-refractivity contribution in [3.63, 3.8) is 0 Å². The van der Waals surface area contributed by atoms with Gasteiger partial charge in [-0.15, -0.1) is 0 Å². The molecule has 2 aromatic rings. The van der Waals surface area contributed by atoms with E-state index in [1.165, 1.54) is 0 Å². The van der Waals surface area contributed by atoms with E-state index < -0.39 is 20.0 Å². The van der Waals surface area contributed by atoms with Crippen molar-refractivity contribution in [2.45, 2.75) is 74.0 Å². The van der Waals surface area contributed by atoms with Crippen molar-refractivity contribution in [3.8, 4) is 0 Å². The van der Waals surface area contributed by atoms with Crippen LogP contribution in [-0.2, 0) is 29.7 Å². The first-order chi connectivity index (χ1) is 22.3. The minimum atomic E-state index is -3.81. The van der Waals surface area contributed by atoms with Crippen molar-refractivity contribution in [1.82, 2.24) is 8.61 Å². The van der Waals surface area contributed by atoms with E-state index in [-0.39, 0.29) is 23.0 Å². The molecule has 2 saturated heterocycles. The maximum atomic E-state index is 13.9. The molecule has 0 radical (unpaired) electrons. The van der Waals surface area contributed by atoms with Crippen LogP contribution in [0.5, 0.6) is 0 Å². The Hall–Kier alpha value is -2.88. The van der Waals surface area contributed by atoms with E-state index in [9.17, 15) is 16.8 Å². The molecule has 2 heterocycles. The van der Waals surface area contributed by atoms with Crippen molar-refractivity contribution in [2.24, 2.45) is 21.8 Å². The second kappa shape index (κ2) is 15.8. The Morgan fingerprint density at radius 1 is 0.565 bits per heavy atom. The zero-order valence-corrected chi connectivity index (χ0v) is 28.0. The second-order valence-corrected chi connectivity index (χ2v) is 15.8. The molecule has 4 N–H and O–H groups in total. The third-order valence-corrected chi connectivity index (χ3v) is 12.4. The SMILES string of the molecule is NCCCON=C1c2ccc(S(=O)(=O)N3CCCCCC3)cc2C(=NOCCCN)c2cc(S(=O)(=O)N3CCCCCC3)ccc21. The lowest BCUT2D eigenvalue weighted by atomic mass is 9.83. The molecule has 0 aromatic heterocycles. The van der Waals surface area contributed by atoms with Gasteiger partial charge in [0.1, 0.15) is 24.6 Å². The number of oxime groups is 2. The number of nitrogens with zero attached hydrogens (tertiary/aromatic N) is 4. The van der Waals surface area contributed by atoms with Crippen LogP contribution < -0.4 is 11.5 Å². The quantitative estimate of drug-likeness (QED) is 0.218. The van der Waals surface area contributed by atoms with Gasteiger partial charge in [0, 0.05) is 48.4 Å². The first-order valence-corrected chi connectivity index (χ1v) is 19.3. The van der Waals surface area contributed by atoms with Crippen LogP contribution in [0.1, 0.15) is 86.5 Å². The van der Waals surface area contributed by atoms with Crippen molar-refractivity contribution in [1.29, 1.82) is 0 Å². The minimum Gasteiger partial charge on any atom is -0.395 e. The van der Waals surface area contributed by atoms with Crippen LogP contribution in [0.15, 0.2) is 56.5 Å². The zero-order chi connectivity index (χ0) is 32.6. The van der Waals surface area contributed by atoms with Gasteiger partial charge >= 0.3 is 0 Å². The molecule has 5 rings (SSSR count). The monoisotopic (exact) mass is 674 g/mol. The summed E-state index contributed by atoms with van der Waals surface area (Å²) in [6.07, 6.45) is 8.38. The van der Waals surface area contributed by atoms with E-state index in [0.717, 1.165) is 51.4 Å². The molecule has 0 bridgehead atoms. The molecule has 0 atom stereocenters. The molecule has 12 nitrogen and oxygen atoms in total. The van der Waals surface area contributed by atoms with E-state index >= 15 is 0 Å². The van der Waals surface area contributed by atoms with E-state index in [1.54, 1.807) is 45.0 Å². The number of benzene rings is 2. The summed E-state index contributed by atoms with van der Waals surface area (Å²) in [5.74, 6) is 0. The van der Waals surface area contributed by atoms with Crippen molar-refractivity contribution >= 4 is 31.5 Å². The fraction of sp³-hybridized carbons (Fsp3) is 0.562. The lowest BCUT2D eigenvalue weighted by Gasteiger charge is -2.26. The Balaban J connectivity index is 1.65. The number of nitrogens with two attached hydrogens (primary N) is 2. The van der Waals surface area contributed by atoms with Gasteiger partial charge in [-0.2, -0.15) is 8.61 Å². The van der Waals surface area contributed by atoms with Gasteiger partial charge in [-0.3, -0.25) is 0 Å². The van der Waals surface area contributed by atoms with Crippen LogP contribution in [0.3, 0.4) is 0 Å². The van der Waals surface area contributed by atoms with Crippen LogP contribution in [-0.4, -0.2) is 89.4 Å². The molecule has 0 unspecified atom stereocenters. The highest BCUT2D eigenvalue weighted by Crippen LogP contribution is 2.34. The van der Waals surface area contributed by atoms with Gasteiger partial charge in [0.2, 0.25) is 20.0 Å². The lowest BCUT2D eigenvalue weighted by molar-refractivity contribution is 0.143. The second-order valence-electron chi connectivity index (χ2n) is 11.9. The topological polar surface area (TPSA) is 170 Å². The van der Waals surface area contributed by atoms with E-state index in [0.29, 0.717) is 85.8 Å². The third kappa shape index (κ3) is 7.63. The first kappa shape index (κ1) is 34.5. The number of hydrogen-bond acceptors (Lipinski definition) is 10. The van der Waals surface area contributed by atoms with Gasteiger partial charge in [-0.25, -0.2) is 16.8 Å². The summed E-state index contributed by atoms with van der Waals surface area (Å²) in [6.45, 7) is 3.23. The molecule has 0 spiro atoms. The lowest BCUT2D eigenvalue weighted by Crippen LogP contribution is -2.33. The molecule has 2 fully saturated rings. The third-order valence-electron chi connectivity index (χ3n) is 8.60. The fourth-order valence-corrected chi connectivity index (χ4v) is 9.13. The summed E-state index contributed by atoms with van der Waals surface area (Å²) < 4.78 is 58.6. The molecule has 2 aliphatic heterocycles. The molecule has 2 aromatic carbocycles. The molecule has 252 valence electrons.